The van der Waals surface area contributed by atoms with Gasteiger partial charge < -0.3 is 0 Å². The molecule has 1 aromatic rings. The molecule has 0 amide bonds. The Bertz CT molecular complexity index is 257. The predicted octanol–water partition coefficient (Wildman–Crippen LogP) is 4.24. The van der Waals surface area contributed by atoms with E-state index in [2.05, 4.69) is 40.2 Å². The molecule has 13 heavy (non-hydrogen) atoms. The van der Waals surface area contributed by atoms with E-state index in [1.165, 1.54) is 31.2 Å². The highest BCUT2D eigenvalue weighted by atomic mass is 79.9. The molecule has 0 saturated heterocycles. The summed E-state index contributed by atoms with van der Waals surface area (Å²) >= 11 is 3.47. The van der Waals surface area contributed by atoms with Gasteiger partial charge in [-0.15, -0.1) is 0 Å². The van der Waals surface area contributed by atoms with Crippen LogP contribution in [0.1, 0.15) is 42.7 Å². The molecule has 1 saturated carbocycles. The van der Waals surface area contributed by atoms with E-state index in [0.717, 1.165) is 11.2 Å². The molecule has 2 rings (SSSR count). The number of alkyl halides is 1. The minimum absolute atomic E-state index is 0.851. The molecule has 70 valence electrons. The minimum atomic E-state index is 0.851. The molecule has 0 spiro atoms. The standard InChI is InChI=1S/C12H15Br/c13-9-10-5-7-12(8-6-10)11-3-1-2-4-11/h5-8,11H,1-4,9H2. The van der Waals surface area contributed by atoms with Crippen molar-refractivity contribution in [3.05, 3.63) is 35.4 Å². The molecule has 0 unspecified atom stereocenters. The summed E-state index contributed by atoms with van der Waals surface area (Å²) in [5.41, 5.74) is 2.92. The molecular formula is C12H15Br. The number of halogens is 1. The highest BCUT2D eigenvalue weighted by Gasteiger charge is 2.16. The maximum absolute atomic E-state index is 3.47. The summed E-state index contributed by atoms with van der Waals surface area (Å²) in [6.07, 6.45) is 5.64. The van der Waals surface area contributed by atoms with Crippen LogP contribution in [0.2, 0.25) is 0 Å². The van der Waals surface area contributed by atoms with Crippen molar-refractivity contribution in [2.45, 2.75) is 36.9 Å². The van der Waals surface area contributed by atoms with E-state index < -0.39 is 0 Å². The van der Waals surface area contributed by atoms with Crippen LogP contribution >= 0.6 is 15.9 Å². The first kappa shape index (κ1) is 9.26. The number of rotatable bonds is 2. The average molecular weight is 239 g/mol. The van der Waals surface area contributed by atoms with Crippen molar-refractivity contribution in [2.75, 3.05) is 0 Å². The van der Waals surface area contributed by atoms with Gasteiger partial charge >= 0.3 is 0 Å². The number of hydrogen-bond donors (Lipinski definition) is 0. The van der Waals surface area contributed by atoms with Crippen molar-refractivity contribution in [1.29, 1.82) is 0 Å². The first-order valence-corrected chi connectivity index (χ1v) is 6.17. The van der Waals surface area contributed by atoms with Crippen LogP contribution in [0.15, 0.2) is 24.3 Å². The minimum Gasteiger partial charge on any atom is -0.0876 e. The quantitative estimate of drug-likeness (QED) is 0.677. The zero-order chi connectivity index (χ0) is 9.10. The Balaban J connectivity index is 2.12. The molecule has 0 heterocycles. The van der Waals surface area contributed by atoms with E-state index in [-0.39, 0.29) is 0 Å². The van der Waals surface area contributed by atoms with Crippen LogP contribution in [0.5, 0.6) is 0 Å². The number of benzene rings is 1. The van der Waals surface area contributed by atoms with E-state index >= 15 is 0 Å². The summed E-state index contributed by atoms with van der Waals surface area (Å²) in [4.78, 5) is 0. The van der Waals surface area contributed by atoms with Crippen LogP contribution in [0.4, 0.5) is 0 Å². The summed E-state index contributed by atoms with van der Waals surface area (Å²) in [5.74, 6) is 0.851. The summed E-state index contributed by atoms with van der Waals surface area (Å²) < 4.78 is 0. The van der Waals surface area contributed by atoms with Gasteiger partial charge in [0.2, 0.25) is 0 Å². The van der Waals surface area contributed by atoms with Gasteiger partial charge in [0.25, 0.3) is 0 Å². The lowest BCUT2D eigenvalue weighted by Crippen LogP contribution is -1.91. The third-order valence-corrected chi connectivity index (χ3v) is 3.61. The molecule has 1 aromatic carbocycles. The monoisotopic (exact) mass is 238 g/mol. The maximum Gasteiger partial charge on any atom is 0.0283 e. The lowest BCUT2D eigenvalue weighted by molar-refractivity contribution is 0.723. The van der Waals surface area contributed by atoms with Gasteiger partial charge in [-0.05, 0) is 29.9 Å². The topological polar surface area (TPSA) is 0 Å². The molecular weight excluding hydrogens is 224 g/mol. The second-order valence-corrected chi connectivity index (χ2v) is 4.42. The third kappa shape index (κ3) is 2.14. The van der Waals surface area contributed by atoms with E-state index in [1.54, 1.807) is 5.56 Å². The van der Waals surface area contributed by atoms with Gasteiger partial charge in [0.1, 0.15) is 0 Å². The van der Waals surface area contributed by atoms with E-state index in [9.17, 15) is 0 Å². The zero-order valence-electron chi connectivity index (χ0n) is 7.80. The second kappa shape index (κ2) is 4.28. The molecule has 0 radical (unpaired) electrons. The van der Waals surface area contributed by atoms with Crippen molar-refractivity contribution in [2.24, 2.45) is 0 Å². The summed E-state index contributed by atoms with van der Waals surface area (Å²) in [6, 6.07) is 9.07. The lowest BCUT2D eigenvalue weighted by atomic mass is 9.97. The molecule has 1 aliphatic carbocycles. The van der Waals surface area contributed by atoms with Crippen molar-refractivity contribution < 1.29 is 0 Å². The van der Waals surface area contributed by atoms with Crippen molar-refractivity contribution in [3.8, 4) is 0 Å². The molecule has 0 atom stereocenters. The summed E-state index contributed by atoms with van der Waals surface area (Å²) in [6.45, 7) is 0. The largest absolute Gasteiger partial charge is 0.0876 e. The van der Waals surface area contributed by atoms with E-state index in [0.29, 0.717) is 0 Å². The van der Waals surface area contributed by atoms with Gasteiger partial charge in [-0.25, -0.2) is 0 Å². The lowest BCUT2D eigenvalue weighted by Gasteiger charge is -2.09. The maximum atomic E-state index is 3.47. The highest BCUT2D eigenvalue weighted by Crippen LogP contribution is 2.33. The smallest absolute Gasteiger partial charge is 0.0283 e. The van der Waals surface area contributed by atoms with Crippen LogP contribution in [0.3, 0.4) is 0 Å². The number of hydrogen-bond acceptors (Lipinski definition) is 0. The molecule has 1 aliphatic rings. The SMILES string of the molecule is BrCc1ccc(C2CCCC2)cc1. The summed E-state index contributed by atoms with van der Waals surface area (Å²) in [5, 5.41) is 0.970. The van der Waals surface area contributed by atoms with Gasteiger partial charge in [0, 0.05) is 5.33 Å². The van der Waals surface area contributed by atoms with Crippen molar-refractivity contribution in [1.82, 2.24) is 0 Å². The van der Waals surface area contributed by atoms with Crippen LogP contribution in [0, 0.1) is 0 Å². The molecule has 1 fully saturated rings. The Morgan fingerprint density at radius 2 is 1.69 bits per heavy atom. The highest BCUT2D eigenvalue weighted by molar-refractivity contribution is 9.08. The second-order valence-electron chi connectivity index (χ2n) is 3.86. The van der Waals surface area contributed by atoms with Crippen LogP contribution in [-0.2, 0) is 5.33 Å². The van der Waals surface area contributed by atoms with Gasteiger partial charge in [-0.3, -0.25) is 0 Å². The third-order valence-electron chi connectivity index (χ3n) is 2.96. The Hall–Kier alpha value is -0.300. The summed E-state index contributed by atoms with van der Waals surface area (Å²) in [7, 11) is 0. The Morgan fingerprint density at radius 3 is 2.23 bits per heavy atom. The average Bonchev–Trinajstić information content (AvgIpc) is 2.71. The van der Waals surface area contributed by atoms with Crippen LogP contribution in [0.25, 0.3) is 0 Å². The molecule has 1 heteroatoms. The van der Waals surface area contributed by atoms with Gasteiger partial charge in [-0.1, -0.05) is 53.0 Å². The Kier molecular flexibility index (Phi) is 3.05. The fourth-order valence-electron chi connectivity index (χ4n) is 2.14. The van der Waals surface area contributed by atoms with Crippen LogP contribution < -0.4 is 0 Å². The fraction of sp³-hybridized carbons (Fsp3) is 0.500. The van der Waals surface area contributed by atoms with Gasteiger partial charge in [0.15, 0.2) is 0 Å². The fourth-order valence-corrected chi connectivity index (χ4v) is 2.51. The molecule has 0 N–H and O–H groups in total. The molecule has 0 nitrogen and oxygen atoms in total. The normalized spacial score (nSPS) is 17.9. The zero-order valence-corrected chi connectivity index (χ0v) is 9.39. The van der Waals surface area contributed by atoms with E-state index in [1.807, 2.05) is 0 Å². The molecule has 0 aliphatic heterocycles. The Labute approximate surface area is 88.5 Å². The molecule has 0 aromatic heterocycles. The Morgan fingerprint density at radius 1 is 1.08 bits per heavy atom. The van der Waals surface area contributed by atoms with Gasteiger partial charge in [-0.2, -0.15) is 0 Å². The van der Waals surface area contributed by atoms with Crippen molar-refractivity contribution in [3.63, 3.8) is 0 Å². The van der Waals surface area contributed by atoms with E-state index in [4.69, 9.17) is 0 Å². The molecule has 0 bridgehead atoms. The first-order valence-electron chi connectivity index (χ1n) is 5.05. The predicted molar refractivity (Wildman–Crippen MR) is 60.3 cm³/mol. The van der Waals surface area contributed by atoms with Crippen molar-refractivity contribution >= 4 is 15.9 Å². The van der Waals surface area contributed by atoms with Gasteiger partial charge in [0.05, 0.1) is 0 Å². The van der Waals surface area contributed by atoms with Crippen LogP contribution in [-0.4, -0.2) is 0 Å². The first-order chi connectivity index (χ1) is 6.40.